The van der Waals surface area contributed by atoms with Gasteiger partial charge in [-0.05, 0) is 32.9 Å². The van der Waals surface area contributed by atoms with Gasteiger partial charge >= 0.3 is 0 Å². The Morgan fingerprint density at radius 3 is 3.05 bits per heavy atom. The van der Waals surface area contributed by atoms with Gasteiger partial charge in [0.15, 0.2) is 5.13 Å². The van der Waals surface area contributed by atoms with E-state index in [1.165, 1.54) is 11.3 Å². The SMILES string of the molecule is CCNc1nc(N)c(C(=O)NCC2CCN(C)C2)s1. The standard InChI is InChI=1S/C12H21N5OS/c1-3-14-12-16-10(13)9(19-12)11(18)15-6-8-4-5-17(2)7-8/h8H,3-7,13H2,1-2H3,(H,14,16)(H,15,18). The van der Waals surface area contributed by atoms with Gasteiger partial charge in [0.2, 0.25) is 0 Å². The predicted octanol–water partition coefficient (Wildman–Crippen LogP) is 0.839. The van der Waals surface area contributed by atoms with E-state index in [0.29, 0.717) is 28.3 Å². The Labute approximate surface area is 117 Å². The number of nitrogens with zero attached hydrogens (tertiary/aromatic N) is 2. The van der Waals surface area contributed by atoms with Crippen molar-refractivity contribution in [3.8, 4) is 0 Å². The fraction of sp³-hybridized carbons (Fsp3) is 0.667. The minimum Gasteiger partial charge on any atom is -0.382 e. The van der Waals surface area contributed by atoms with Crippen molar-refractivity contribution in [1.82, 2.24) is 15.2 Å². The number of nitrogen functional groups attached to an aromatic ring is 1. The number of likely N-dealkylation sites (tertiary alicyclic amines) is 1. The maximum Gasteiger partial charge on any atom is 0.265 e. The summed E-state index contributed by atoms with van der Waals surface area (Å²) in [5, 5.41) is 6.72. The fourth-order valence-corrected chi connectivity index (χ4v) is 3.10. The molecule has 1 unspecified atom stereocenters. The van der Waals surface area contributed by atoms with Crippen LogP contribution in [0.4, 0.5) is 10.9 Å². The molecule has 7 heteroatoms. The molecular formula is C12H21N5OS. The van der Waals surface area contributed by atoms with Crippen LogP contribution < -0.4 is 16.4 Å². The van der Waals surface area contributed by atoms with Crippen LogP contribution in [-0.2, 0) is 0 Å². The van der Waals surface area contributed by atoms with E-state index >= 15 is 0 Å². The van der Waals surface area contributed by atoms with Crippen LogP contribution in [0.5, 0.6) is 0 Å². The van der Waals surface area contributed by atoms with E-state index in [1.807, 2.05) is 6.92 Å². The second-order valence-electron chi connectivity index (χ2n) is 4.89. The number of carbonyl (C=O) groups is 1. The summed E-state index contributed by atoms with van der Waals surface area (Å²) in [7, 11) is 2.10. The largest absolute Gasteiger partial charge is 0.382 e. The number of carbonyl (C=O) groups excluding carboxylic acids is 1. The molecule has 0 spiro atoms. The highest BCUT2D eigenvalue weighted by atomic mass is 32.1. The maximum absolute atomic E-state index is 12.1. The zero-order valence-corrected chi connectivity index (χ0v) is 12.2. The molecule has 1 aromatic rings. The molecule has 6 nitrogen and oxygen atoms in total. The van der Waals surface area contributed by atoms with E-state index in [0.717, 1.165) is 26.1 Å². The van der Waals surface area contributed by atoms with Gasteiger partial charge in [-0.1, -0.05) is 11.3 Å². The van der Waals surface area contributed by atoms with Gasteiger partial charge in [-0.15, -0.1) is 0 Å². The molecule has 1 aromatic heterocycles. The van der Waals surface area contributed by atoms with Gasteiger partial charge in [0.05, 0.1) is 0 Å². The van der Waals surface area contributed by atoms with E-state index in [1.54, 1.807) is 0 Å². The van der Waals surface area contributed by atoms with Crippen LogP contribution in [0, 0.1) is 5.92 Å². The highest BCUT2D eigenvalue weighted by Gasteiger charge is 2.21. The molecule has 19 heavy (non-hydrogen) atoms. The molecule has 0 aliphatic carbocycles. The number of nitrogens with one attached hydrogen (secondary N) is 2. The van der Waals surface area contributed by atoms with Crippen LogP contribution in [0.3, 0.4) is 0 Å². The van der Waals surface area contributed by atoms with E-state index < -0.39 is 0 Å². The molecule has 1 saturated heterocycles. The number of hydrogen-bond acceptors (Lipinski definition) is 6. The Balaban J connectivity index is 1.88. The summed E-state index contributed by atoms with van der Waals surface area (Å²) in [4.78, 5) is 19.0. The lowest BCUT2D eigenvalue weighted by Gasteiger charge is -2.11. The first-order valence-corrected chi connectivity index (χ1v) is 7.38. The fourth-order valence-electron chi connectivity index (χ4n) is 2.23. The minimum atomic E-state index is -0.117. The summed E-state index contributed by atoms with van der Waals surface area (Å²) in [6.45, 7) is 5.60. The average Bonchev–Trinajstić information content (AvgIpc) is 2.93. The highest BCUT2D eigenvalue weighted by molar-refractivity contribution is 7.18. The Morgan fingerprint density at radius 2 is 2.42 bits per heavy atom. The van der Waals surface area contributed by atoms with E-state index in [9.17, 15) is 4.79 Å². The molecule has 1 amide bonds. The van der Waals surface area contributed by atoms with Gasteiger partial charge in [-0.2, -0.15) is 0 Å². The molecule has 0 radical (unpaired) electrons. The first-order valence-electron chi connectivity index (χ1n) is 6.57. The molecular weight excluding hydrogens is 262 g/mol. The number of amides is 1. The van der Waals surface area contributed by atoms with Crippen LogP contribution in [0.25, 0.3) is 0 Å². The third kappa shape index (κ3) is 3.57. The first-order chi connectivity index (χ1) is 9.10. The maximum atomic E-state index is 12.1. The molecule has 0 aromatic carbocycles. The van der Waals surface area contributed by atoms with Gasteiger partial charge in [0, 0.05) is 19.6 Å². The lowest BCUT2D eigenvalue weighted by atomic mass is 10.1. The van der Waals surface area contributed by atoms with Crippen molar-refractivity contribution in [1.29, 1.82) is 0 Å². The van der Waals surface area contributed by atoms with Crippen molar-refractivity contribution in [3.63, 3.8) is 0 Å². The first kappa shape index (κ1) is 14.1. The summed E-state index contributed by atoms with van der Waals surface area (Å²) in [6, 6.07) is 0. The van der Waals surface area contributed by atoms with Gasteiger partial charge in [-0.3, -0.25) is 4.79 Å². The lowest BCUT2D eigenvalue weighted by Crippen LogP contribution is -2.30. The Bertz CT molecular complexity index is 447. The molecule has 4 N–H and O–H groups in total. The molecule has 0 bridgehead atoms. The molecule has 106 valence electrons. The summed E-state index contributed by atoms with van der Waals surface area (Å²) in [5.41, 5.74) is 5.77. The quantitative estimate of drug-likeness (QED) is 0.746. The Hall–Kier alpha value is -1.34. The zero-order valence-electron chi connectivity index (χ0n) is 11.4. The van der Waals surface area contributed by atoms with Gasteiger partial charge in [0.1, 0.15) is 10.7 Å². The minimum absolute atomic E-state index is 0.117. The third-order valence-electron chi connectivity index (χ3n) is 3.23. The van der Waals surface area contributed by atoms with Crippen molar-refractivity contribution in [3.05, 3.63) is 4.88 Å². The number of thiazole rings is 1. The molecule has 2 rings (SSSR count). The molecule has 2 heterocycles. The van der Waals surface area contributed by atoms with Crippen LogP contribution >= 0.6 is 11.3 Å². The molecule has 1 aliphatic rings. The van der Waals surface area contributed by atoms with Crippen molar-refractivity contribution in [2.24, 2.45) is 5.92 Å². The van der Waals surface area contributed by atoms with Crippen LogP contribution in [-0.4, -0.2) is 49.0 Å². The number of nitrogens with two attached hydrogens (primary N) is 1. The number of rotatable bonds is 5. The number of anilines is 2. The topological polar surface area (TPSA) is 83.3 Å². The average molecular weight is 283 g/mol. The van der Waals surface area contributed by atoms with Gasteiger partial charge in [0.25, 0.3) is 5.91 Å². The van der Waals surface area contributed by atoms with Gasteiger partial charge in [-0.25, -0.2) is 4.98 Å². The van der Waals surface area contributed by atoms with Crippen molar-refractivity contribution in [2.45, 2.75) is 13.3 Å². The zero-order chi connectivity index (χ0) is 13.8. The van der Waals surface area contributed by atoms with Crippen molar-refractivity contribution in [2.75, 3.05) is 44.3 Å². The smallest absolute Gasteiger partial charge is 0.265 e. The molecule has 1 atom stereocenters. The lowest BCUT2D eigenvalue weighted by molar-refractivity contribution is 0.0952. The predicted molar refractivity (Wildman–Crippen MR) is 78.6 cm³/mol. The summed E-state index contributed by atoms with van der Waals surface area (Å²) < 4.78 is 0. The second kappa shape index (κ2) is 6.21. The summed E-state index contributed by atoms with van der Waals surface area (Å²) >= 11 is 1.31. The van der Waals surface area contributed by atoms with Crippen LogP contribution in [0.15, 0.2) is 0 Å². The summed E-state index contributed by atoms with van der Waals surface area (Å²) in [6.07, 6.45) is 1.14. The van der Waals surface area contributed by atoms with Crippen molar-refractivity contribution < 1.29 is 4.79 Å². The van der Waals surface area contributed by atoms with Gasteiger partial charge < -0.3 is 21.3 Å². The molecule has 1 aliphatic heterocycles. The highest BCUT2D eigenvalue weighted by Crippen LogP contribution is 2.24. The van der Waals surface area contributed by atoms with Crippen molar-refractivity contribution >= 4 is 28.2 Å². The van der Waals surface area contributed by atoms with Crippen LogP contribution in [0.2, 0.25) is 0 Å². The normalized spacial score (nSPS) is 19.6. The van der Waals surface area contributed by atoms with E-state index in [2.05, 4.69) is 27.6 Å². The molecule has 1 fully saturated rings. The molecule has 0 saturated carbocycles. The summed E-state index contributed by atoms with van der Waals surface area (Å²) in [5.74, 6) is 0.729. The Kier molecular flexibility index (Phi) is 4.60. The van der Waals surface area contributed by atoms with Crippen LogP contribution in [0.1, 0.15) is 23.0 Å². The van der Waals surface area contributed by atoms with E-state index in [4.69, 9.17) is 5.73 Å². The van der Waals surface area contributed by atoms with E-state index in [-0.39, 0.29) is 5.91 Å². The number of hydrogen-bond donors (Lipinski definition) is 3. The number of aromatic nitrogens is 1. The third-order valence-corrected chi connectivity index (χ3v) is 4.26. The monoisotopic (exact) mass is 283 g/mol. The second-order valence-corrected chi connectivity index (χ2v) is 5.89. The Morgan fingerprint density at radius 1 is 1.63 bits per heavy atom.